The van der Waals surface area contributed by atoms with Crippen LogP contribution in [-0.4, -0.2) is 31.3 Å². The first-order valence-corrected chi connectivity index (χ1v) is 5.37. The van der Waals surface area contributed by atoms with Gasteiger partial charge in [-0.1, -0.05) is 6.07 Å². The quantitative estimate of drug-likeness (QED) is 0.570. The van der Waals surface area contributed by atoms with Gasteiger partial charge in [0.15, 0.2) is 0 Å². The van der Waals surface area contributed by atoms with E-state index in [2.05, 4.69) is 10.3 Å². The summed E-state index contributed by atoms with van der Waals surface area (Å²) in [6.45, 7) is 6.03. The minimum Gasteiger partial charge on any atom is -0.762 e. The summed E-state index contributed by atoms with van der Waals surface area (Å²) in [7, 11) is 0. The second-order valence-corrected chi connectivity index (χ2v) is 3.80. The van der Waals surface area contributed by atoms with Gasteiger partial charge in [0.05, 0.1) is 26.3 Å². The highest BCUT2D eigenvalue weighted by atomic mass is 32.1. The maximum absolute atomic E-state index is 10.6. The smallest absolute Gasteiger partial charge is 0.246 e. The first-order chi connectivity index (χ1) is 7.18. The van der Waals surface area contributed by atoms with E-state index in [0.717, 1.165) is 31.9 Å². The Labute approximate surface area is 94.5 Å². The molecule has 0 aromatic carbocycles. The van der Waals surface area contributed by atoms with Crippen molar-refractivity contribution in [3.63, 3.8) is 0 Å². The fraction of sp³-hybridized carbons (Fsp3) is 0.500. The third kappa shape index (κ3) is 5.51. The lowest BCUT2D eigenvalue weighted by molar-refractivity contribution is -0.670. The third-order valence-corrected chi connectivity index (χ3v) is 2.12. The van der Waals surface area contributed by atoms with Crippen molar-refractivity contribution in [2.24, 2.45) is 0 Å². The molecule has 5 heteroatoms. The Hall–Kier alpha value is -0.910. The van der Waals surface area contributed by atoms with Gasteiger partial charge < -0.3 is 27.7 Å². The highest BCUT2D eigenvalue weighted by Gasteiger charge is 1.96. The number of quaternary nitrogens is 1. The van der Waals surface area contributed by atoms with Gasteiger partial charge in [-0.2, -0.15) is 0 Å². The maximum Gasteiger partial charge on any atom is 0.246 e. The summed E-state index contributed by atoms with van der Waals surface area (Å²) in [5, 5.41) is 2.77. The zero-order valence-corrected chi connectivity index (χ0v) is 9.60. The summed E-state index contributed by atoms with van der Waals surface area (Å²) in [4.78, 5) is 13.1. The number of nitrogens with two attached hydrogens (primary N) is 1. The predicted molar refractivity (Wildman–Crippen MR) is 59.9 cm³/mol. The Morgan fingerprint density at radius 2 is 2.07 bits per heavy atom. The van der Waals surface area contributed by atoms with Gasteiger partial charge in [-0.15, -0.1) is 5.03 Å². The molecule has 2 rings (SSSR count). The molecular weight excluding hydrogens is 212 g/mol. The van der Waals surface area contributed by atoms with E-state index in [0.29, 0.717) is 5.03 Å². The molecule has 0 radical (unpaired) electrons. The number of morpholine rings is 1. The van der Waals surface area contributed by atoms with E-state index in [1.165, 1.54) is 6.07 Å². The molecule has 0 saturated carbocycles. The van der Waals surface area contributed by atoms with Crippen molar-refractivity contribution >= 4 is 12.6 Å². The largest absolute Gasteiger partial charge is 0.762 e. The Morgan fingerprint density at radius 3 is 2.40 bits per heavy atom. The molecule has 0 bridgehead atoms. The molecule has 0 amide bonds. The van der Waals surface area contributed by atoms with E-state index in [1.807, 2.05) is 6.92 Å². The minimum atomic E-state index is -0.125. The van der Waals surface area contributed by atoms with Gasteiger partial charge in [-0.25, -0.2) is 0 Å². The fourth-order valence-electron chi connectivity index (χ4n) is 1.23. The lowest BCUT2D eigenvalue weighted by atomic mass is 10.3. The first kappa shape index (κ1) is 12.2. The van der Waals surface area contributed by atoms with E-state index < -0.39 is 0 Å². The van der Waals surface area contributed by atoms with Crippen LogP contribution >= 0.6 is 0 Å². The molecule has 1 aliphatic rings. The number of pyridine rings is 1. The van der Waals surface area contributed by atoms with E-state index in [1.54, 1.807) is 6.07 Å². The van der Waals surface area contributed by atoms with Gasteiger partial charge in [0.1, 0.15) is 0 Å². The number of hydrogen-bond donors (Lipinski definition) is 2. The topological polar surface area (TPSA) is 58.7 Å². The van der Waals surface area contributed by atoms with Crippen molar-refractivity contribution in [1.82, 2.24) is 4.98 Å². The Bertz CT molecular complexity index is 313. The monoisotopic (exact) mass is 228 g/mol. The van der Waals surface area contributed by atoms with E-state index in [9.17, 15) is 4.79 Å². The maximum atomic E-state index is 10.6. The molecule has 0 aliphatic carbocycles. The summed E-state index contributed by atoms with van der Waals surface area (Å²) in [5.41, 5.74) is 0.781. The van der Waals surface area contributed by atoms with Crippen LogP contribution in [0.15, 0.2) is 22.0 Å². The number of aromatic nitrogens is 1. The van der Waals surface area contributed by atoms with Crippen LogP contribution in [0.2, 0.25) is 0 Å². The van der Waals surface area contributed by atoms with Gasteiger partial charge in [0, 0.05) is 6.07 Å². The summed E-state index contributed by atoms with van der Waals surface area (Å²) >= 11 is 4.73. The molecule has 15 heavy (non-hydrogen) atoms. The molecule has 1 aliphatic heterocycles. The summed E-state index contributed by atoms with van der Waals surface area (Å²) < 4.78 is 5.04. The third-order valence-electron chi connectivity index (χ3n) is 1.90. The number of aromatic amines is 1. The molecule has 1 saturated heterocycles. The second-order valence-electron chi connectivity index (χ2n) is 3.36. The van der Waals surface area contributed by atoms with Gasteiger partial charge in [0.25, 0.3) is 0 Å². The number of nitrogens with one attached hydrogen (secondary N) is 1. The molecule has 1 aromatic heterocycles. The Morgan fingerprint density at radius 1 is 1.40 bits per heavy atom. The number of rotatable bonds is 0. The van der Waals surface area contributed by atoms with Gasteiger partial charge in [-0.05, 0) is 12.5 Å². The highest BCUT2D eigenvalue weighted by molar-refractivity contribution is 7.58. The van der Waals surface area contributed by atoms with Crippen LogP contribution in [0.1, 0.15) is 5.56 Å². The van der Waals surface area contributed by atoms with Crippen molar-refractivity contribution in [2.45, 2.75) is 11.9 Å². The number of hydrogen-bond acceptors (Lipinski definition) is 3. The molecule has 84 valence electrons. The number of H-pyrrole nitrogens is 1. The van der Waals surface area contributed by atoms with Crippen molar-refractivity contribution in [1.29, 1.82) is 0 Å². The van der Waals surface area contributed by atoms with Crippen LogP contribution in [0.3, 0.4) is 0 Å². The van der Waals surface area contributed by atoms with Crippen molar-refractivity contribution in [2.75, 3.05) is 26.3 Å². The first-order valence-electron chi connectivity index (χ1n) is 4.96. The molecule has 2 heterocycles. The molecule has 1 aromatic rings. The molecule has 0 spiro atoms. The van der Waals surface area contributed by atoms with Crippen LogP contribution in [0.4, 0.5) is 0 Å². The zero-order chi connectivity index (χ0) is 11.1. The van der Waals surface area contributed by atoms with Crippen molar-refractivity contribution < 1.29 is 10.1 Å². The van der Waals surface area contributed by atoms with Crippen LogP contribution in [0, 0.1) is 6.92 Å². The van der Waals surface area contributed by atoms with Crippen molar-refractivity contribution in [3.05, 3.63) is 28.0 Å². The molecule has 3 N–H and O–H groups in total. The average Bonchev–Trinajstić information content (AvgIpc) is 2.19. The standard InChI is InChI=1S/C6H7NOS.C4H9NO/c1-4-2-5(8)7-6(9)3-4;1-3-6-4-2-5-1/h2-3H,1H3,(H2,7,8,9);5H,1-4H2. The summed E-state index contributed by atoms with van der Waals surface area (Å²) in [6, 6.07) is 3.26. The molecule has 4 nitrogen and oxygen atoms in total. The fourth-order valence-corrected chi connectivity index (χ4v) is 1.52. The predicted octanol–water partition coefficient (Wildman–Crippen LogP) is -0.831. The lowest BCUT2D eigenvalue weighted by Crippen LogP contribution is -2.87. The van der Waals surface area contributed by atoms with E-state index in [-0.39, 0.29) is 5.56 Å². The SMILES string of the molecule is C1COCC[NH2+]1.Cc1cc([S-])[nH]c(=O)c1. The van der Waals surface area contributed by atoms with Crippen LogP contribution in [0.5, 0.6) is 0 Å². The van der Waals surface area contributed by atoms with Crippen molar-refractivity contribution in [3.8, 4) is 0 Å². The Balaban J connectivity index is 0.000000162. The molecule has 1 fully saturated rings. The van der Waals surface area contributed by atoms with E-state index in [4.69, 9.17) is 17.4 Å². The molecule has 0 unspecified atom stereocenters. The summed E-state index contributed by atoms with van der Waals surface area (Å²) in [6.07, 6.45) is 0. The second kappa shape index (κ2) is 6.55. The highest BCUT2D eigenvalue weighted by Crippen LogP contribution is 1.92. The lowest BCUT2D eigenvalue weighted by Gasteiger charge is -2.07. The van der Waals surface area contributed by atoms with Crippen LogP contribution < -0.4 is 10.9 Å². The van der Waals surface area contributed by atoms with E-state index >= 15 is 0 Å². The van der Waals surface area contributed by atoms with Crippen LogP contribution in [-0.2, 0) is 17.4 Å². The van der Waals surface area contributed by atoms with Gasteiger partial charge in [-0.3, -0.25) is 4.79 Å². The molecule has 0 atom stereocenters. The normalized spacial score (nSPS) is 15.3. The average molecular weight is 228 g/mol. The summed E-state index contributed by atoms with van der Waals surface area (Å²) in [5.74, 6) is 0. The Kier molecular flexibility index (Phi) is 5.31. The van der Waals surface area contributed by atoms with Gasteiger partial charge in [0.2, 0.25) is 5.56 Å². The van der Waals surface area contributed by atoms with Gasteiger partial charge >= 0.3 is 0 Å². The number of ether oxygens (including phenoxy) is 1. The van der Waals surface area contributed by atoms with Crippen LogP contribution in [0.25, 0.3) is 0 Å². The minimum absolute atomic E-state index is 0.125. The number of aryl methyl sites for hydroxylation is 1. The zero-order valence-electron chi connectivity index (χ0n) is 8.79. The molecular formula is C10H16N2O2S.